The minimum Gasteiger partial charge on any atom is -0.395 e. The first-order valence-corrected chi connectivity index (χ1v) is 4.65. The molecule has 86 valence electrons. The Bertz CT molecular complexity index is 434. The molecule has 1 rings (SSSR count). The lowest BCUT2D eigenvalue weighted by atomic mass is 10.2. The van der Waals surface area contributed by atoms with Gasteiger partial charge in [0.25, 0.3) is 0 Å². The average molecular weight is 250 g/mol. The summed E-state index contributed by atoms with van der Waals surface area (Å²) in [5.74, 6) is 4.90. The van der Waals surface area contributed by atoms with Crippen LogP contribution in [0.2, 0.25) is 5.15 Å². The van der Waals surface area contributed by atoms with Crippen molar-refractivity contribution < 1.29 is 18.3 Å². The van der Waals surface area contributed by atoms with Gasteiger partial charge < -0.3 is 5.11 Å². The summed E-state index contributed by atoms with van der Waals surface area (Å²) in [4.78, 5) is 3.40. The summed E-state index contributed by atoms with van der Waals surface area (Å²) in [5, 5.41) is 8.38. The lowest BCUT2D eigenvalue weighted by Gasteiger charge is -2.06. The van der Waals surface area contributed by atoms with Crippen molar-refractivity contribution in [2.45, 2.75) is 12.6 Å². The molecule has 0 aliphatic rings. The maximum atomic E-state index is 12.3. The summed E-state index contributed by atoms with van der Waals surface area (Å²) in [5.41, 5.74) is -0.893. The van der Waals surface area contributed by atoms with E-state index in [1.54, 1.807) is 0 Å². The van der Waals surface area contributed by atoms with Crippen LogP contribution in [0.3, 0.4) is 0 Å². The van der Waals surface area contributed by atoms with Crippen molar-refractivity contribution in [2.75, 3.05) is 6.61 Å². The molecule has 6 heteroatoms. The summed E-state index contributed by atoms with van der Waals surface area (Å²) in [7, 11) is 0. The Labute approximate surface area is 95.1 Å². The maximum absolute atomic E-state index is 12.3. The lowest BCUT2D eigenvalue weighted by Crippen LogP contribution is -2.06. The van der Waals surface area contributed by atoms with E-state index >= 15 is 0 Å². The van der Waals surface area contributed by atoms with Crippen LogP contribution in [0.1, 0.15) is 17.5 Å². The Morgan fingerprint density at radius 1 is 1.44 bits per heavy atom. The first kappa shape index (κ1) is 12.8. The summed E-state index contributed by atoms with van der Waals surface area (Å²) < 4.78 is 36.9. The van der Waals surface area contributed by atoms with E-state index in [-0.39, 0.29) is 23.7 Å². The predicted molar refractivity (Wildman–Crippen MR) is 52.8 cm³/mol. The van der Waals surface area contributed by atoms with Crippen molar-refractivity contribution in [3.05, 3.63) is 28.5 Å². The van der Waals surface area contributed by atoms with Crippen LogP contribution in [0, 0.1) is 11.8 Å². The Hall–Kier alpha value is -1.25. The number of pyridine rings is 1. The van der Waals surface area contributed by atoms with Crippen molar-refractivity contribution in [3.8, 4) is 11.8 Å². The Morgan fingerprint density at radius 3 is 2.69 bits per heavy atom. The summed E-state index contributed by atoms with van der Waals surface area (Å²) in [6.45, 7) is -0.156. The van der Waals surface area contributed by atoms with Gasteiger partial charge in [-0.3, -0.25) is 0 Å². The first-order chi connectivity index (χ1) is 7.45. The largest absolute Gasteiger partial charge is 0.417 e. The minimum absolute atomic E-state index is 0.00458. The van der Waals surface area contributed by atoms with Gasteiger partial charge in [0.05, 0.1) is 17.7 Å². The molecular weight excluding hydrogens is 243 g/mol. The molecule has 1 aromatic rings. The Kier molecular flexibility index (Phi) is 4.16. The van der Waals surface area contributed by atoms with Gasteiger partial charge in [-0.1, -0.05) is 23.4 Å². The molecule has 0 aliphatic heterocycles. The Balaban J connectivity index is 3.06. The van der Waals surface area contributed by atoms with Gasteiger partial charge in [0.15, 0.2) is 0 Å². The summed E-state index contributed by atoms with van der Waals surface area (Å²) >= 11 is 5.58. The number of aromatic nitrogens is 1. The monoisotopic (exact) mass is 249 g/mol. The highest BCUT2D eigenvalue weighted by molar-refractivity contribution is 6.30. The molecule has 1 N–H and O–H groups in total. The molecular formula is C10H7ClF3NO. The van der Waals surface area contributed by atoms with Crippen LogP contribution < -0.4 is 0 Å². The maximum Gasteiger partial charge on any atom is 0.417 e. The fourth-order valence-electron chi connectivity index (χ4n) is 0.904. The van der Waals surface area contributed by atoms with Crippen LogP contribution in [0.25, 0.3) is 0 Å². The molecule has 0 radical (unpaired) electrons. The highest BCUT2D eigenvalue weighted by Gasteiger charge is 2.31. The number of halogens is 4. The predicted octanol–water partition coefficient (Wildman–Crippen LogP) is 2.49. The third-order valence-electron chi connectivity index (χ3n) is 1.63. The number of nitrogens with zero attached hydrogens (tertiary/aromatic N) is 1. The molecule has 0 bridgehead atoms. The van der Waals surface area contributed by atoms with Gasteiger partial charge in [0.1, 0.15) is 5.15 Å². The molecule has 16 heavy (non-hydrogen) atoms. The highest BCUT2D eigenvalue weighted by atomic mass is 35.5. The van der Waals surface area contributed by atoms with Gasteiger partial charge in [-0.15, -0.1) is 0 Å². The molecule has 2 nitrogen and oxygen atoms in total. The number of alkyl halides is 3. The zero-order valence-corrected chi connectivity index (χ0v) is 8.73. The van der Waals surface area contributed by atoms with E-state index in [1.807, 2.05) is 0 Å². The first-order valence-electron chi connectivity index (χ1n) is 4.27. The second-order valence-corrected chi connectivity index (χ2v) is 3.19. The smallest absolute Gasteiger partial charge is 0.395 e. The van der Waals surface area contributed by atoms with E-state index in [2.05, 4.69) is 16.8 Å². The quantitative estimate of drug-likeness (QED) is 0.613. The van der Waals surface area contributed by atoms with Crippen LogP contribution in [0.5, 0.6) is 0 Å². The lowest BCUT2D eigenvalue weighted by molar-refractivity contribution is -0.137. The molecule has 0 atom stereocenters. The SMILES string of the molecule is OCCC#Cc1cc(C(F)(F)F)cnc1Cl. The van der Waals surface area contributed by atoms with E-state index in [4.69, 9.17) is 16.7 Å². The van der Waals surface area contributed by atoms with Gasteiger partial charge in [-0.05, 0) is 6.07 Å². The third kappa shape index (κ3) is 3.40. The van der Waals surface area contributed by atoms with E-state index in [0.29, 0.717) is 6.20 Å². The topological polar surface area (TPSA) is 33.1 Å². The van der Waals surface area contributed by atoms with Crippen LogP contribution in [-0.2, 0) is 6.18 Å². The fraction of sp³-hybridized carbons (Fsp3) is 0.300. The normalized spacial score (nSPS) is 10.8. The van der Waals surface area contributed by atoms with Crippen molar-refractivity contribution in [1.29, 1.82) is 0 Å². The van der Waals surface area contributed by atoms with E-state index in [9.17, 15) is 13.2 Å². The van der Waals surface area contributed by atoms with Crippen LogP contribution in [-0.4, -0.2) is 16.7 Å². The summed E-state index contributed by atoms with van der Waals surface area (Å²) in [6.07, 6.45) is -3.64. The Morgan fingerprint density at radius 2 is 2.12 bits per heavy atom. The van der Waals surface area contributed by atoms with Crippen molar-refractivity contribution in [2.24, 2.45) is 0 Å². The van der Waals surface area contributed by atoms with E-state index in [0.717, 1.165) is 6.07 Å². The second-order valence-electron chi connectivity index (χ2n) is 2.84. The zero-order valence-electron chi connectivity index (χ0n) is 7.98. The number of aliphatic hydroxyl groups is 1. The zero-order chi connectivity index (χ0) is 12.2. The van der Waals surface area contributed by atoms with Crippen LogP contribution in [0.15, 0.2) is 12.3 Å². The number of rotatable bonds is 1. The van der Waals surface area contributed by atoms with E-state index < -0.39 is 11.7 Å². The molecule has 0 saturated carbocycles. The molecule has 0 unspecified atom stereocenters. The van der Waals surface area contributed by atoms with Gasteiger partial charge in [-0.25, -0.2) is 4.98 Å². The second kappa shape index (κ2) is 5.19. The van der Waals surface area contributed by atoms with Crippen molar-refractivity contribution in [1.82, 2.24) is 4.98 Å². The van der Waals surface area contributed by atoms with Crippen molar-refractivity contribution in [3.63, 3.8) is 0 Å². The number of hydrogen-bond acceptors (Lipinski definition) is 2. The molecule has 0 aromatic carbocycles. The fourth-order valence-corrected chi connectivity index (χ4v) is 1.05. The molecule has 1 heterocycles. The molecule has 0 fully saturated rings. The highest BCUT2D eigenvalue weighted by Crippen LogP contribution is 2.30. The molecule has 1 aromatic heterocycles. The van der Waals surface area contributed by atoms with Gasteiger partial charge in [0.2, 0.25) is 0 Å². The third-order valence-corrected chi connectivity index (χ3v) is 1.93. The van der Waals surface area contributed by atoms with Crippen LogP contribution in [0.4, 0.5) is 13.2 Å². The average Bonchev–Trinajstić information content (AvgIpc) is 2.19. The van der Waals surface area contributed by atoms with E-state index in [1.165, 1.54) is 0 Å². The van der Waals surface area contributed by atoms with Gasteiger partial charge >= 0.3 is 6.18 Å². The van der Waals surface area contributed by atoms with Gasteiger partial charge in [-0.2, -0.15) is 13.2 Å². The molecule has 0 saturated heterocycles. The minimum atomic E-state index is -4.47. The number of aliphatic hydroxyl groups excluding tert-OH is 1. The molecule has 0 amide bonds. The molecule has 0 spiro atoms. The molecule has 0 aliphatic carbocycles. The van der Waals surface area contributed by atoms with Gasteiger partial charge in [0, 0.05) is 12.6 Å². The van der Waals surface area contributed by atoms with Crippen molar-refractivity contribution >= 4 is 11.6 Å². The number of hydrogen-bond donors (Lipinski definition) is 1. The summed E-state index contributed by atoms with van der Waals surface area (Å²) in [6, 6.07) is 0.833. The standard InChI is InChI=1S/C10H7ClF3NO/c11-9-7(3-1-2-4-16)5-8(6-15-9)10(12,13)14/h5-6,16H,2,4H2. The van der Waals surface area contributed by atoms with Crippen LogP contribution >= 0.6 is 11.6 Å².